The van der Waals surface area contributed by atoms with Gasteiger partial charge in [0, 0.05) is 11.9 Å². The lowest BCUT2D eigenvalue weighted by atomic mass is 10.0. The SMILES string of the molecule is CC(C)CCCCCc1cnc[nH]1. The molecule has 0 aliphatic heterocycles. The predicted molar refractivity (Wildman–Crippen MR) is 55.6 cm³/mol. The minimum absolute atomic E-state index is 0.854. The highest BCUT2D eigenvalue weighted by molar-refractivity contribution is 4.93. The molecule has 0 saturated heterocycles. The van der Waals surface area contributed by atoms with E-state index >= 15 is 0 Å². The van der Waals surface area contributed by atoms with Crippen LogP contribution >= 0.6 is 0 Å². The van der Waals surface area contributed by atoms with E-state index in [1.165, 1.54) is 31.4 Å². The molecule has 0 unspecified atom stereocenters. The fourth-order valence-electron chi connectivity index (χ4n) is 1.47. The second-order valence-corrected chi connectivity index (χ2v) is 4.07. The van der Waals surface area contributed by atoms with Crippen LogP contribution in [0.5, 0.6) is 0 Å². The van der Waals surface area contributed by atoms with Crippen molar-refractivity contribution in [2.45, 2.75) is 46.0 Å². The van der Waals surface area contributed by atoms with Crippen LogP contribution in [0.1, 0.15) is 45.2 Å². The van der Waals surface area contributed by atoms with Gasteiger partial charge >= 0.3 is 0 Å². The largest absolute Gasteiger partial charge is 0.348 e. The number of imidazole rings is 1. The molecule has 0 fully saturated rings. The fourth-order valence-corrected chi connectivity index (χ4v) is 1.47. The molecular formula is C11H20N2. The van der Waals surface area contributed by atoms with E-state index in [2.05, 4.69) is 23.8 Å². The van der Waals surface area contributed by atoms with Crippen molar-refractivity contribution in [1.82, 2.24) is 9.97 Å². The minimum Gasteiger partial charge on any atom is -0.348 e. The number of H-pyrrole nitrogens is 1. The second-order valence-electron chi connectivity index (χ2n) is 4.07. The van der Waals surface area contributed by atoms with Crippen LogP contribution in [0, 0.1) is 5.92 Å². The van der Waals surface area contributed by atoms with Gasteiger partial charge in [0.2, 0.25) is 0 Å². The number of unbranched alkanes of at least 4 members (excludes halogenated alkanes) is 2. The first-order valence-electron chi connectivity index (χ1n) is 5.26. The summed E-state index contributed by atoms with van der Waals surface area (Å²) in [5.41, 5.74) is 1.27. The van der Waals surface area contributed by atoms with Gasteiger partial charge in [0.15, 0.2) is 0 Å². The molecule has 1 N–H and O–H groups in total. The average molecular weight is 180 g/mol. The molecule has 1 heterocycles. The van der Waals surface area contributed by atoms with Gasteiger partial charge in [-0.2, -0.15) is 0 Å². The van der Waals surface area contributed by atoms with Gasteiger partial charge in [0.05, 0.1) is 6.33 Å². The van der Waals surface area contributed by atoms with Gasteiger partial charge in [-0.05, 0) is 18.8 Å². The smallest absolute Gasteiger partial charge is 0.0921 e. The van der Waals surface area contributed by atoms with Crippen molar-refractivity contribution in [1.29, 1.82) is 0 Å². The Morgan fingerprint density at radius 2 is 2.15 bits per heavy atom. The first kappa shape index (κ1) is 10.3. The number of hydrogen-bond acceptors (Lipinski definition) is 1. The third kappa shape index (κ3) is 4.71. The topological polar surface area (TPSA) is 28.7 Å². The van der Waals surface area contributed by atoms with Crippen molar-refractivity contribution >= 4 is 0 Å². The number of aromatic amines is 1. The monoisotopic (exact) mass is 180 g/mol. The van der Waals surface area contributed by atoms with Crippen LogP contribution < -0.4 is 0 Å². The quantitative estimate of drug-likeness (QED) is 0.669. The van der Waals surface area contributed by atoms with Crippen LogP contribution in [-0.4, -0.2) is 9.97 Å². The number of aryl methyl sites for hydroxylation is 1. The molecule has 2 heteroatoms. The summed E-state index contributed by atoms with van der Waals surface area (Å²) in [7, 11) is 0. The summed E-state index contributed by atoms with van der Waals surface area (Å²) in [5.74, 6) is 0.854. The van der Waals surface area contributed by atoms with Crippen LogP contribution in [0.4, 0.5) is 0 Å². The molecule has 0 radical (unpaired) electrons. The van der Waals surface area contributed by atoms with Gasteiger partial charge in [-0.15, -0.1) is 0 Å². The highest BCUT2D eigenvalue weighted by Crippen LogP contribution is 2.09. The van der Waals surface area contributed by atoms with E-state index < -0.39 is 0 Å². The molecule has 0 spiro atoms. The molecule has 2 nitrogen and oxygen atoms in total. The normalized spacial score (nSPS) is 11.0. The molecule has 0 saturated carbocycles. The summed E-state index contributed by atoms with van der Waals surface area (Å²) >= 11 is 0. The first-order valence-corrected chi connectivity index (χ1v) is 5.26. The molecule has 0 aliphatic carbocycles. The van der Waals surface area contributed by atoms with Crippen LogP contribution in [-0.2, 0) is 6.42 Å². The van der Waals surface area contributed by atoms with Gasteiger partial charge in [-0.25, -0.2) is 4.98 Å². The van der Waals surface area contributed by atoms with Gasteiger partial charge in [-0.3, -0.25) is 0 Å². The van der Waals surface area contributed by atoms with Crippen LogP contribution in [0.3, 0.4) is 0 Å². The Labute approximate surface area is 80.8 Å². The van der Waals surface area contributed by atoms with Gasteiger partial charge in [-0.1, -0.05) is 33.1 Å². The molecule has 74 valence electrons. The van der Waals surface area contributed by atoms with E-state index in [0.29, 0.717) is 0 Å². The second kappa shape index (κ2) is 5.79. The van der Waals surface area contributed by atoms with Crippen molar-refractivity contribution < 1.29 is 0 Å². The molecule has 0 amide bonds. The summed E-state index contributed by atoms with van der Waals surface area (Å²) < 4.78 is 0. The number of nitrogens with zero attached hydrogens (tertiary/aromatic N) is 1. The molecular weight excluding hydrogens is 160 g/mol. The Morgan fingerprint density at radius 3 is 2.77 bits per heavy atom. The maximum atomic E-state index is 3.99. The number of aromatic nitrogens is 2. The van der Waals surface area contributed by atoms with Gasteiger partial charge in [0.25, 0.3) is 0 Å². The Kier molecular flexibility index (Phi) is 4.58. The summed E-state index contributed by atoms with van der Waals surface area (Å²) in [6.07, 6.45) is 10.2. The molecule has 0 atom stereocenters. The van der Waals surface area contributed by atoms with Crippen LogP contribution in [0.2, 0.25) is 0 Å². The summed E-state index contributed by atoms with van der Waals surface area (Å²) in [6.45, 7) is 4.57. The van der Waals surface area contributed by atoms with Crippen molar-refractivity contribution in [2.75, 3.05) is 0 Å². The van der Waals surface area contributed by atoms with E-state index in [4.69, 9.17) is 0 Å². The van der Waals surface area contributed by atoms with E-state index in [9.17, 15) is 0 Å². The lowest BCUT2D eigenvalue weighted by Crippen LogP contribution is -1.89. The maximum absolute atomic E-state index is 3.99. The fraction of sp³-hybridized carbons (Fsp3) is 0.727. The minimum atomic E-state index is 0.854. The third-order valence-corrected chi connectivity index (χ3v) is 2.28. The zero-order valence-corrected chi connectivity index (χ0v) is 8.71. The summed E-state index contributed by atoms with van der Waals surface area (Å²) in [6, 6.07) is 0. The zero-order chi connectivity index (χ0) is 9.52. The first-order chi connectivity index (χ1) is 6.29. The Balaban J connectivity index is 1.96. The number of rotatable bonds is 6. The predicted octanol–water partition coefficient (Wildman–Crippen LogP) is 3.17. The van der Waals surface area contributed by atoms with E-state index in [1.807, 2.05) is 6.20 Å². The van der Waals surface area contributed by atoms with Crippen molar-refractivity contribution in [2.24, 2.45) is 5.92 Å². The van der Waals surface area contributed by atoms with Gasteiger partial charge in [0.1, 0.15) is 0 Å². The molecule has 1 aromatic heterocycles. The number of nitrogens with one attached hydrogen (secondary N) is 1. The van der Waals surface area contributed by atoms with E-state index in [-0.39, 0.29) is 0 Å². The Hall–Kier alpha value is -0.790. The van der Waals surface area contributed by atoms with Crippen molar-refractivity contribution in [3.8, 4) is 0 Å². The standard InChI is InChI=1S/C11H20N2/c1-10(2)6-4-3-5-7-11-8-12-9-13-11/h8-10H,3-7H2,1-2H3,(H,12,13). The zero-order valence-electron chi connectivity index (χ0n) is 8.71. The van der Waals surface area contributed by atoms with Crippen LogP contribution in [0.25, 0.3) is 0 Å². The lowest BCUT2D eigenvalue weighted by molar-refractivity contribution is 0.526. The maximum Gasteiger partial charge on any atom is 0.0921 e. The van der Waals surface area contributed by atoms with Gasteiger partial charge < -0.3 is 4.98 Å². The Bertz CT molecular complexity index is 202. The highest BCUT2D eigenvalue weighted by atomic mass is 14.9. The number of hydrogen-bond donors (Lipinski definition) is 1. The lowest BCUT2D eigenvalue weighted by Gasteiger charge is -2.03. The van der Waals surface area contributed by atoms with E-state index in [1.54, 1.807) is 6.33 Å². The molecule has 0 aliphatic rings. The average Bonchev–Trinajstić information content (AvgIpc) is 2.55. The summed E-state index contributed by atoms with van der Waals surface area (Å²) in [5, 5.41) is 0. The molecule has 13 heavy (non-hydrogen) atoms. The molecule has 1 aromatic rings. The highest BCUT2D eigenvalue weighted by Gasteiger charge is 1.96. The van der Waals surface area contributed by atoms with Crippen molar-refractivity contribution in [3.63, 3.8) is 0 Å². The van der Waals surface area contributed by atoms with Crippen molar-refractivity contribution in [3.05, 3.63) is 18.2 Å². The molecule has 1 rings (SSSR count). The Morgan fingerprint density at radius 1 is 1.31 bits per heavy atom. The molecule has 0 bridgehead atoms. The van der Waals surface area contributed by atoms with E-state index in [0.717, 1.165) is 12.3 Å². The third-order valence-electron chi connectivity index (χ3n) is 2.28. The summed E-state index contributed by atoms with van der Waals surface area (Å²) in [4.78, 5) is 7.12. The molecule has 0 aromatic carbocycles. The van der Waals surface area contributed by atoms with Crippen LogP contribution in [0.15, 0.2) is 12.5 Å².